The molecule has 1 nitrogen and oxygen atoms in total. The molecule has 104 valence electrons. The molecule has 0 spiro atoms. The van der Waals surface area contributed by atoms with Crippen LogP contribution in [0.2, 0.25) is 0 Å². The van der Waals surface area contributed by atoms with Gasteiger partial charge in [0, 0.05) is 17.4 Å². The fourth-order valence-electron chi connectivity index (χ4n) is 3.60. The Balaban J connectivity index is 1.90. The van der Waals surface area contributed by atoms with Crippen LogP contribution in [0.1, 0.15) is 36.0 Å². The first-order valence-electron chi connectivity index (χ1n) is 7.39. The molecule has 0 amide bonds. The predicted molar refractivity (Wildman–Crippen MR) is 82.9 cm³/mol. The molecule has 1 aromatic rings. The van der Waals surface area contributed by atoms with Gasteiger partial charge in [0.1, 0.15) is 0 Å². The van der Waals surface area contributed by atoms with Gasteiger partial charge in [0.15, 0.2) is 0 Å². The Morgan fingerprint density at radius 3 is 2.53 bits per heavy atom. The van der Waals surface area contributed by atoms with Crippen LogP contribution in [0.5, 0.6) is 0 Å². The number of hydrogen-bond acceptors (Lipinski definition) is 1. The van der Waals surface area contributed by atoms with Gasteiger partial charge in [-0.15, -0.1) is 0 Å². The molecular formula is C17H23BrO. The highest BCUT2D eigenvalue weighted by Crippen LogP contribution is 2.50. The zero-order valence-corrected chi connectivity index (χ0v) is 13.5. The van der Waals surface area contributed by atoms with Crippen LogP contribution in [0, 0.1) is 25.2 Å². The first kappa shape index (κ1) is 13.6. The average molecular weight is 323 g/mol. The Labute approximate surface area is 124 Å². The minimum atomic E-state index is 0.317. The molecule has 19 heavy (non-hydrogen) atoms. The molecule has 1 aromatic carbocycles. The molecule has 1 aliphatic carbocycles. The molecule has 0 bridgehead atoms. The maximum Gasteiger partial charge on any atom is 0.0671 e. The van der Waals surface area contributed by atoms with E-state index in [1.807, 2.05) is 0 Å². The van der Waals surface area contributed by atoms with E-state index in [0.717, 1.165) is 24.3 Å². The summed E-state index contributed by atoms with van der Waals surface area (Å²) >= 11 is 3.80. The van der Waals surface area contributed by atoms with Gasteiger partial charge < -0.3 is 4.74 Å². The zero-order chi connectivity index (χ0) is 13.5. The molecule has 0 aromatic heterocycles. The highest BCUT2D eigenvalue weighted by Gasteiger charge is 2.50. The van der Waals surface area contributed by atoms with Crippen molar-refractivity contribution in [1.29, 1.82) is 0 Å². The lowest BCUT2D eigenvalue weighted by atomic mass is 9.74. The summed E-state index contributed by atoms with van der Waals surface area (Å²) in [7, 11) is 0. The molecule has 1 saturated heterocycles. The third-order valence-electron chi connectivity index (χ3n) is 4.99. The molecule has 2 unspecified atom stereocenters. The lowest BCUT2D eigenvalue weighted by Crippen LogP contribution is -2.37. The quantitative estimate of drug-likeness (QED) is 0.745. The van der Waals surface area contributed by atoms with Gasteiger partial charge in [-0.1, -0.05) is 34.1 Å². The summed E-state index contributed by atoms with van der Waals surface area (Å²) in [5.74, 6) is 0.823. The van der Waals surface area contributed by atoms with Gasteiger partial charge in [0.25, 0.3) is 0 Å². The maximum atomic E-state index is 6.11. The summed E-state index contributed by atoms with van der Waals surface area (Å²) in [6.07, 6.45) is 5.58. The van der Waals surface area contributed by atoms with Crippen molar-refractivity contribution in [2.75, 3.05) is 11.9 Å². The number of hydrogen-bond donors (Lipinski definition) is 0. The van der Waals surface area contributed by atoms with Crippen molar-refractivity contribution >= 4 is 15.9 Å². The smallest absolute Gasteiger partial charge is 0.0671 e. The molecule has 1 saturated carbocycles. The van der Waals surface area contributed by atoms with Crippen LogP contribution < -0.4 is 0 Å². The SMILES string of the molecule is Cc1cccc(C)c1CC1(CBr)CCOC1C1CC1. The normalized spacial score (nSPS) is 30.8. The largest absolute Gasteiger partial charge is 0.377 e. The van der Waals surface area contributed by atoms with Gasteiger partial charge in [-0.25, -0.2) is 0 Å². The van der Waals surface area contributed by atoms with Crippen LogP contribution >= 0.6 is 15.9 Å². The first-order valence-corrected chi connectivity index (χ1v) is 8.51. The topological polar surface area (TPSA) is 9.23 Å². The summed E-state index contributed by atoms with van der Waals surface area (Å²) in [5, 5.41) is 1.06. The fraction of sp³-hybridized carbons (Fsp3) is 0.647. The molecular weight excluding hydrogens is 300 g/mol. The number of benzene rings is 1. The molecule has 2 aliphatic rings. The van der Waals surface area contributed by atoms with E-state index in [1.54, 1.807) is 0 Å². The number of rotatable bonds is 4. The van der Waals surface area contributed by atoms with Crippen molar-refractivity contribution in [1.82, 2.24) is 0 Å². The van der Waals surface area contributed by atoms with Gasteiger partial charge >= 0.3 is 0 Å². The molecule has 0 N–H and O–H groups in total. The molecule has 1 heterocycles. The van der Waals surface area contributed by atoms with Crippen molar-refractivity contribution in [3.05, 3.63) is 34.9 Å². The van der Waals surface area contributed by atoms with Gasteiger partial charge in [0.05, 0.1) is 6.10 Å². The minimum absolute atomic E-state index is 0.317. The van der Waals surface area contributed by atoms with Crippen LogP contribution in [0.4, 0.5) is 0 Å². The third kappa shape index (κ3) is 2.50. The van der Waals surface area contributed by atoms with E-state index in [9.17, 15) is 0 Å². The molecule has 2 atom stereocenters. The van der Waals surface area contributed by atoms with E-state index in [2.05, 4.69) is 48.0 Å². The Morgan fingerprint density at radius 2 is 1.95 bits per heavy atom. The summed E-state index contributed by atoms with van der Waals surface area (Å²) in [5.41, 5.74) is 4.72. The number of ether oxygens (including phenoxy) is 1. The van der Waals surface area contributed by atoms with E-state index in [-0.39, 0.29) is 0 Å². The third-order valence-corrected chi connectivity index (χ3v) is 6.11. The van der Waals surface area contributed by atoms with Gasteiger partial charge in [-0.2, -0.15) is 0 Å². The average Bonchev–Trinajstić information content (AvgIpc) is 3.15. The van der Waals surface area contributed by atoms with E-state index < -0.39 is 0 Å². The summed E-state index contributed by atoms with van der Waals surface area (Å²) in [6.45, 7) is 5.43. The summed E-state index contributed by atoms with van der Waals surface area (Å²) in [4.78, 5) is 0. The van der Waals surface area contributed by atoms with E-state index in [4.69, 9.17) is 4.74 Å². The molecule has 0 radical (unpaired) electrons. The Hall–Kier alpha value is -0.340. The summed E-state index contributed by atoms with van der Waals surface area (Å²) < 4.78 is 6.11. The standard InChI is InChI=1S/C17H23BrO/c1-12-4-3-5-13(2)15(12)10-17(11-18)8-9-19-16(17)14-6-7-14/h3-5,14,16H,6-11H2,1-2H3. The van der Waals surface area contributed by atoms with Gasteiger partial charge in [-0.3, -0.25) is 0 Å². The lowest BCUT2D eigenvalue weighted by Gasteiger charge is -2.34. The van der Waals surface area contributed by atoms with Gasteiger partial charge in [0.2, 0.25) is 0 Å². The fourth-order valence-corrected chi connectivity index (χ4v) is 4.40. The molecule has 1 aliphatic heterocycles. The van der Waals surface area contributed by atoms with E-state index in [1.165, 1.54) is 36.0 Å². The second kappa shape index (κ2) is 5.21. The van der Waals surface area contributed by atoms with Crippen molar-refractivity contribution in [2.24, 2.45) is 11.3 Å². The maximum absolute atomic E-state index is 6.11. The Morgan fingerprint density at radius 1 is 1.26 bits per heavy atom. The number of alkyl halides is 1. The van der Waals surface area contributed by atoms with Gasteiger partial charge in [-0.05, 0) is 62.1 Å². The lowest BCUT2D eigenvalue weighted by molar-refractivity contribution is 0.0412. The number of halogens is 1. The molecule has 3 rings (SSSR count). The van der Waals surface area contributed by atoms with Crippen LogP contribution in [-0.2, 0) is 11.2 Å². The zero-order valence-electron chi connectivity index (χ0n) is 11.9. The second-order valence-corrected chi connectivity index (χ2v) is 6.98. The number of aryl methyl sites for hydroxylation is 2. The van der Waals surface area contributed by atoms with Crippen molar-refractivity contribution < 1.29 is 4.74 Å². The van der Waals surface area contributed by atoms with E-state index >= 15 is 0 Å². The highest BCUT2D eigenvalue weighted by molar-refractivity contribution is 9.09. The van der Waals surface area contributed by atoms with Crippen molar-refractivity contribution in [2.45, 2.75) is 45.6 Å². The van der Waals surface area contributed by atoms with Crippen molar-refractivity contribution in [3.63, 3.8) is 0 Å². The molecule has 2 fully saturated rings. The predicted octanol–water partition coefficient (Wildman–Crippen LogP) is 4.43. The van der Waals surface area contributed by atoms with E-state index in [0.29, 0.717) is 11.5 Å². The second-order valence-electron chi connectivity index (χ2n) is 6.42. The monoisotopic (exact) mass is 322 g/mol. The Kier molecular flexibility index (Phi) is 3.74. The summed E-state index contributed by atoms with van der Waals surface area (Å²) in [6, 6.07) is 6.65. The van der Waals surface area contributed by atoms with Crippen LogP contribution in [0.3, 0.4) is 0 Å². The highest BCUT2D eigenvalue weighted by atomic mass is 79.9. The first-order chi connectivity index (χ1) is 9.16. The molecule has 2 heteroatoms. The Bertz CT molecular complexity index is 446. The minimum Gasteiger partial charge on any atom is -0.377 e. The van der Waals surface area contributed by atoms with Crippen LogP contribution in [0.15, 0.2) is 18.2 Å². The van der Waals surface area contributed by atoms with Crippen LogP contribution in [0.25, 0.3) is 0 Å². The van der Waals surface area contributed by atoms with Crippen LogP contribution in [-0.4, -0.2) is 18.0 Å². The van der Waals surface area contributed by atoms with Crippen molar-refractivity contribution in [3.8, 4) is 0 Å².